The average Bonchev–Trinajstić information content (AvgIpc) is 3.15. The Hall–Kier alpha value is -3.82. The minimum absolute atomic E-state index is 0.00389. The molecule has 14 heteroatoms. The summed E-state index contributed by atoms with van der Waals surface area (Å²) in [6.45, 7) is 10.4. The van der Waals surface area contributed by atoms with Gasteiger partial charge in [-0.3, -0.25) is 33.1 Å². The van der Waals surface area contributed by atoms with Crippen molar-refractivity contribution < 1.29 is 46.4 Å². The summed E-state index contributed by atoms with van der Waals surface area (Å²) >= 11 is 0. The number of amides is 2. The standard InChI is InChI=1S/C43H63N3O10S/c1-30(2)23-37(44-41(50)34(18-17-32-13-9-7-10-14-32)26-36(47)28-46-19-21-55-22-20-46)39(48)27-35(25-33-15-11-8-12-16-33)42(51)45-38(24-31(3)4)40(49)43(5,52)29-56-57(6,53)54/h7-16,30-31,34-35,37-38,52H,17-29H2,1-6H3,(H,44,50)(H,45,51)/t34-,35-,37+,38+,43?/m1/s1. The summed E-state index contributed by atoms with van der Waals surface area (Å²) in [5, 5.41) is 16.7. The van der Waals surface area contributed by atoms with Gasteiger partial charge in [-0.1, -0.05) is 88.4 Å². The van der Waals surface area contributed by atoms with Gasteiger partial charge in [0.15, 0.2) is 11.6 Å². The van der Waals surface area contributed by atoms with Crippen LogP contribution in [-0.2, 0) is 55.9 Å². The Kier molecular flexibility index (Phi) is 19.1. The molecule has 0 aromatic heterocycles. The first-order valence-corrected chi connectivity index (χ1v) is 21.8. The third-order valence-electron chi connectivity index (χ3n) is 9.95. The number of rotatable bonds is 25. The third-order valence-corrected chi connectivity index (χ3v) is 10.5. The van der Waals surface area contributed by atoms with E-state index < -0.39 is 63.8 Å². The van der Waals surface area contributed by atoms with Gasteiger partial charge in [-0.2, -0.15) is 8.42 Å². The number of nitrogens with one attached hydrogen (secondary N) is 2. The minimum atomic E-state index is -3.97. The zero-order valence-corrected chi connectivity index (χ0v) is 35.2. The normalized spacial score (nSPS) is 16.9. The highest BCUT2D eigenvalue weighted by Crippen LogP contribution is 2.22. The van der Waals surface area contributed by atoms with Crippen molar-refractivity contribution in [2.45, 2.75) is 97.2 Å². The van der Waals surface area contributed by atoms with Gasteiger partial charge in [-0.25, -0.2) is 0 Å². The molecule has 0 aliphatic carbocycles. The van der Waals surface area contributed by atoms with Crippen molar-refractivity contribution in [2.75, 3.05) is 45.7 Å². The number of nitrogens with zero attached hydrogens (tertiary/aromatic N) is 1. The van der Waals surface area contributed by atoms with Crippen molar-refractivity contribution in [1.82, 2.24) is 15.5 Å². The fourth-order valence-corrected chi connectivity index (χ4v) is 7.34. The van der Waals surface area contributed by atoms with Crippen molar-refractivity contribution in [3.63, 3.8) is 0 Å². The molecule has 316 valence electrons. The van der Waals surface area contributed by atoms with E-state index >= 15 is 0 Å². The molecular weight excluding hydrogens is 751 g/mol. The van der Waals surface area contributed by atoms with Crippen LogP contribution in [0.2, 0.25) is 0 Å². The highest BCUT2D eigenvalue weighted by molar-refractivity contribution is 7.86. The number of hydrogen-bond acceptors (Lipinski definition) is 11. The number of aryl methyl sites for hydroxylation is 1. The summed E-state index contributed by atoms with van der Waals surface area (Å²) in [5.41, 5.74) is -0.442. The van der Waals surface area contributed by atoms with E-state index in [0.717, 1.165) is 24.3 Å². The maximum Gasteiger partial charge on any atom is 0.264 e. The molecule has 5 atom stereocenters. The molecule has 13 nitrogen and oxygen atoms in total. The Bertz CT molecular complexity index is 1710. The molecule has 3 N–H and O–H groups in total. The van der Waals surface area contributed by atoms with Crippen LogP contribution < -0.4 is 10.6 Å². The topological polar surface area (TPSA) is 185 Å². The van der Waals surface area contributed by atoms with E-state index in [9.17, 15) is 37.5 Å². The van der Waals surface area contributed by atoms with Gasteiger partial charge < -0.3 is 20.5 Å². The van der Waals surface area contributed by atoms with Crippen LogP contribution in [0.15, 0.2) is 60.7 Å². The second kappa shape index (κ2) is 22.9. The van der Waals surface area contributed by atoms with Crippen molar-refractivity contribution >= 4 is 39.3 Å². The van der Waals surface area contributed by atoms with Crippen molar-refractivity contribution in [3.8, 4) is 0 Å². The van der Waals surface area contributed by atoms with E-state index in [0.29, 0.717) is 45.6 Å². The second-order valence-electron chi connectivity index (χ2n) is 16.4. The number of aliphatic hydroxyl groups is 1. The largest absolute Gasteiger partial charge is 0.380 e. The molecule has 2 aromatic carbocycles. The van der Waals surface area contributed by atoms with Gasteiger partial charge in [-0.05, 0) is 62.0 Å². The number of benzene rings is 2. The number of carbonyl (C=O) groups excluding carboxylic acids is 5. The smallest absolute Gasteiger partial charge is 0.264 e. The number of carbonyl (C=O) groups is 5. The van der Waals surface area contributed by atoms with Crippen molar-refractivity contribution in [1.29, 1.82) is 0 Å². The summed E-state index contributed by atoms with van der Waals surface area (Å²) in [4.78, 5) is 71.5. The molecule has 1 heterocycles. The van der Waals surface area contributed by atoms with Crippen molar-refractivity contribution in [3.05, 3.63) is 71.8 Å². The number of hydrogen-bond donors (Lipinski definition) is 3. The summed E-state index contributed by atoms with van der Waals surface area (Å²) in [6.07, 6.45) is 2.10. The average molecular weight is 814 g/mol. The van der Waals surface area contributed by atoms with Crippen LogP contribution in [0.4, 0.5) is 0 Å². The molecule has 0 saturated carbocycles. The maximum absolute atomic E-state index is 14.3. The predicted octanol–water partition coefficient (Wildman–Crippen LogP) is 3.70. The molecule has 0 radical (unpaired) electrons. The number of ether oxygens (including phenoxy) is 1. The monoisotopic (exact) mass is 813 g/mol. The summed E-state index contributed by atoms with van der Waals surface area (Å²) < 4.78 is 33.4. The van der Waals surface area contributed by atoms with E-state index in [1.807, 2.05) is 93.3 Å². The predicted molar refractivity (Wildman–Crippen MR) is 218 cm³/mol. The molecule has 1 aliphatic heterocycles. The molecule has 1 unspecified atom stereocenters. The molecule has 2 amide bonds. The Balaban J connectivity index is 1.85. The zero-order chi connectivity index (χ0) is 42.2. The Morgan fingerprint density at radius 1 is 0.807 bits per heavy atom. The fourth-order valence-electron chi connectivity index (χ4n) is 6.89. The van der Waals surface area contributed by atoms with Gasteiger partial charge in [0, 0.05) is 37.8 Å². The number of Topliss-reactive ketones (excluding diaryl/α,β-unsaturated/α-hetero) is 3. The lowest BCUT2D eigenvalue weighted by molar-refractivity contribution is -0.143. The van der Waals surface area contributed by atoms with Gasteiger partial charge in [0.1, 0.15) is 18.0 Å². The van der Waals surface area contributed by atoms with Crippen LogP contribution >= 0.6 is 0 Å². The van der Waals surface area contributed by atoms with Crippen molar-refractivity contribution in [2.24, 2.45) is 23.7 Å². The summed E-state index contributed by atoms with van der Waals surface area (Å²) in [5.74, 6) is -4.02. The maximum atomic E-state index is 14.3. The first-order chi connectivity index (χ1) is 26.8. The molecule has 1 saturated heterocycles. The Labute approximate surface area is 338 Å². The highest BCUT2D eigenvalue weighted by atomic mass is 32.2. The van der Waals surface area contributed by atoms with E-state index in [-0.39, 0.29) is 55.6 Å². The first-order valence-electron chi connectivity index (χ1n) is 20.0. The van der Waals surface area contributed by atoms with E-state index in [2.05, 4.69) is 10.6 Å². The zero-order valence-electron chi connectivity index (χ0n) is 34.4. The molecule has 1 fully saturated rings. The molecule has 3 rings (SSSR count). The van der Waals surface area contributed by atoms with Crippen LogP contribution in [-0.4, -0.2) is 111 Å². The summed E-state index contributed by atoms with van der Waals surface area (Å²) in [6, 6.07) is 16.6. The lowest BCUT2D eigenvalue weighted by atomic mass is 9.86. The molecular formula is C43H63N3O10S. The van der Waals surface area contributed by atoms with Crippen LogP contribution in [0.3, 0.4) is 0 Å². The highest BCUT2D eigenvalue weighted by Gasteiger charge is 2.40. The van der Waals surface area contributed by atoms with Crippen LogP contribution in [0, 0.1) is 23.7 Å². The second-order valence-corrected chi connectivity index (χ2v) is 18.0. The third kappa shape index (κ3) is 17.7. The van der Waals surface area contributed by atoms with E-state index in [1.165, 1.54) is 0 Å². The molecule has 57 heavy (non-hydrogen) atoms. The van der Waals surface area contributed by atoms with Gasteiger partial charge in [0.05, 0.1) is 38.1 Å². The molecule has 0 bridgehead atoms. The van der Waals surface area contributed by atoms with Gasteiger partial charge >= 0.3 is 0 Å². The van der Waals surface area contributed by atoms with Crippen LogP contribution in [0.25, 0.3) is 0 Å². The number of morpholine rings is 1. The first kappa shape index (κ1) is 47.6. The quantitative estimate of drug-likeness (QED) is 0.124. The number of ketones is 3. The lowest BCUT2D eigenvalue weighted by Gasteiger charge is -2.30. The summed E-state index contributed by atoms with van der Waals surface area (Å²) in [7, 11) is -3.97. The Morgan fingerprint density at radius 3 is 1.89 bits per heavy atom. The van der Waals surface area contributed by atoms with E-state index in [1.54, 1.807) is 0 Å². The molecule has 0 spiro atoms. The van der Waals surface area contributed by atoms with Crippen LogP contribution in [0.5, 0.6) is 0 Å². The van der Waals surface area contributed by atoms with Gasteiger partial charge in [0.25, 0.3) is 10.1 Å². The Morgan fingerprint density at radius 2 is 1.33 bits per heavy atom. The van der Waals surface area contributed by atoms with Gasteiger partial charge in [-0.15, -0.1) is 0 Å². The SMILES string of the molecule is CC(C)C[C@H](NC(=O)[C@H](CCc1ccccc1)CC(=O)CN1CCOCC1)C(=O)C[C@@H](Cc1ccccc1)C(=O)N[C@@H](CC(C)C)C(=O)C(C)(O)COS(C)(=O)=O. The minimum Gasteiger partial charge on any atom is -0.380 e. The van der Waals surface area contributed by atoms with E-state index in [4.69, 9.17) is 8.92 Å². The molecule has 1 aliphatic rings. The lowest BCUT2D eigenvalue weighted by Crippen LogP contribution is -2.54. The van der Waals surface area contributed by atoms with Gasteiger partial charge in [0.2, 0.25) is 11.8 Å². The molecule has 2 aromatic rings. The fraction of sp³-hybridized carbons (Fsp3) is 0.605. The van der Waals surface area contributed by atoms with Crippen LogP contribution in [0.1, 0.15) is 77.8 Å².